The third-order valence-corrected chi connectivity index (χ3v) is 3.02. The van der Waals surface area contributed by atoms with E-state index in [0.717, 1.165) is 5.57 Å². The summed E-state index contributed by atoms with van der Waals surface area (Å²) in [6, 6.07) is 4.10. The van der Waals surface area contributed by atoms with E-state index in [2.05, 4.69) is 6.58 Å². The Morgan fingerprint density at radius 1 is 1.43 bits per heavy atom. The Morgan fingerprint density at radius 3 is 2.57 bits per heavy atom. The van der Waals surface area contributed by atoms with Gasteiger partial charge in [0.15, 0.2) is 6.61 Å². The summed E-state index contributed by atoms with van der Waals surface area (Å²) in [5, 5.41) is 9.00. The average Bonchev–Trinajstić information content (AvgIpc) is 2.42. The van der Waals surface area contributed by atoms with E-state index in [4.69, 9.17) is 21.4 Å². The average molecular weight is 312 g/mol. The van der Waals surface area contributed by atoms with Gasteiger partial charge in [-0.15, -0.1) is 0 Å². The highest BCUT2D eigenvalue weighted by atomic mass is 35.5. The Kier molecular flexibility index (Phi) is 6.24. The first-order chi connectivity index (χ1) is 9.85. The van der Waals surface area contributed by atoms with Gasteiger partial charge in [0, 0.05) is 13.1 Å². The number of rotatable bonds is 7. The first-order valence-electron chi connectivity index (χ1n) is 6.43. The topological polar surface area (TPSA) is 66.8 Å². The van der Waals surface area contributed by atoms with Crippen LogP contribution >= 0.6 is 11.6 Å². The molecular formula is C15H18ClNO4. The van der Waals surface area contributed by atoms with Crippen molar-refractivity contribution in [3.63, 3.8) is 0 Å². The van der Waals surface area contributed by atoms with Crippen LogP contribution < -0.4 is 4.74 Å². The maximum Gasteiger partial charge on any atom is 0.335 e. The van der Waals surface area contributed by atoms with Crippen LogP contribution in [0.15, 0.2) is 30.4 Å². The second-order valence-electron chi connectivity index (χ2n) is 4.60. The molecule has 1 aromatic rings. The molecule has 0 unspecified atom stereocenters. The zero-order chi connectivity index (χ0) is 16.0. The normalized spacial score (nSPS) is 10.0. The molecule has 6 heteroatoms. The Hall–Kier alpha value is -2.01. The minimum absolute atomic E-state index is 0.0659. The van der Waals surface area contributed by atoms with Crippen molar-refractivity contribution >= 4 is 23.5 Å². The predicted molar refractivity (Wildman–Crippen MR) is 81.0 cm³/mol. The number of hydrogen-bond acceptors (Lipinski definition) is 3. The first kappa shape index (κ1) is 17.0. The van der Waals surface area contributed by atoms with Gasteiger partial charge < -0.3 is 14.7 Å². The molecule has 0 heterocycles. The van der Waals surface area contributed by atoms with Gasteiger partial charge in [0.25, 0.3) is 5.91 Å². The summed E-state index contributed by atoms with van der Waals surface area (Å²) < 4.78 is 5.35. The van der Waals surface area contributed by atoms with Crippen molar-refractivity contribution in [1.82, 2.24) is 4.90 Å². The summed E-state index contributed by atoms with van der Waals surface area (Å²) in [7, 11) is 0. The molecule has 0 fully saturated rings. The minimum atomic E-state index is -1.07. The number of benzene rings is 1. The molecule has 21 heavy (non-hydrogen) atoms. The van der Waals surface area contributed by atoms with E-state index in [1.165, 1.54) is 18.2 Å². The van der Waals surface area contributed by atoms with Crippen molar-refractivity contribution in [2.24, 2.45) is 0 Å². The number of carboxylic acids is 1. The summed E-state index contributed by atoms with van der Waals surface area (Å²) in [5.41, 5.74) is 0.949. The van der Waals surface area contributed by atoms with Crippen LogP contribution in [-0.2, 0) is 4.79 Å². The number of carbonyl (C=O) groups excluding carboxylic acids is 1. The van der Waals surface area contributed by atoms with E-state index in [1.807, 2.05) is 13.8 Å². The number of amides is 1. The van der Waals surface area contributed by atoms with Crippen LogP contribution in [0.4, 0.5) is 0 Å². The van der Waals surface area contributed by atoms with Crippen LogP contribution in [0.25, 0.3) is 0 Å². The third-order valence-electron chi connectivity index (χ3n) is 2.73. The summed E-state index contributed by atoms with van der Waals surface area (Å²) >= 11 is 5.93. The molecule has 0 atom stereocenters. The van der Waals surface area contributed by atoms with Gasteiger partial charge in [-0.25, -0.2) is 4.79 Å². The second kappa shape index (κ2) is 7.69. The number of carboxylic acid groups (broad SMARTS) is 1. The summed E-state index contributed by atoms with van der Waals surface area (Å²) in [6.07, 6.45) is 0. The number of ether oxygens (including phenoxy) is 1. The smallest absolute Gasteiger partial charge is 0.335 e. The lowest BCUT2D eigenvalue weighted by molar-refractivity contribution is -0.132. The molecule has 0 aliphatic rings. The zero-order valence-corrected chi connectivity index (χ0v) is 12.8. The summed E-state index contributed by atoms with van der Waals surface area (Å²) in [5.74, 6) is -0.974. The van der Waals surface area contributed by atoms with Crippen molar-refractivity contribution in [2.45, 2.75) is 13.8 Å². The van der Waals surface area contributed by atoms with Crippen molar-refractivity contribution in [1.29, 1.82) is 0 Å². The van der Waals surface area contributed by atoms with Crippen LogP contribution in [-0.4, -0.2) is 41.6 Å². The molecule has 114 valence electrons. The lowest BCUT2D eigenvalue weighted by Gasteiger charge is -2.21. The number of halogens is 1. The number of carbonyl (C=O) groups is 2. The van der Waals surface area contributed by atoms with E-state index in [-0.39, 0.29) is 28.8 Å². The summed E-state index contributed by atoms with van der Waals surface area (Å²) in [6.45, 7) is 8.36. The molecule has 0 spiro atoms. The van der Waals surface area contributed by atoms with Gasteiger partial charge >= 0.3 is 5.97 Å². The van der Waals surface area contributed by atoms with E-state index >= 15 is 0 Å². The van der Waals surface area contributed by atoms with Gasteiger partial charge in [-0.2, -0.15) is 0 Å². The van der Waals surface area contributed by atoms with Gasteiger partial charge in [0.1, 0.15) is 5.75 Å². The van der Waals surface area contributed by atoms with Crippen molar-refractivity contribution in [3.8, 4) is 5.75 Å². The molecule has 1 N–H and O–H groups in total. The fourth-order valence-corrected chi connectivity index (χ4v) is 1.92. The lowest BCUT2D eigenvalue weighted by atomic mass is 10.2. The number of likely N-dealkylation sites (N-methyl/N-ethyl adjacent to an activating group) is 1. The molecule has 0 bridgehead atoms. The monoisotopic (exact) mass is 311 g/mol. The maximum absolute atomic E-state index is 12.0. The standard InChI is InChI=1S/C15H18ClNO4/c1-4-17(8-10(2)3)14(18)9-21-13-6-5-11(15(19)20)7-12(13)16/h5-7H,2,4,8-9H2,1,3H3,(H,19,20). The predicted octanol–water partition coefficient (Wildman–Crippen LogP) is 2.84. The van der Waals surface area contributed by atoms with Crippen LogP contribution in [0.2, 0.25) is 5.02 Å². The van der Waals surface area contributed by atoms with Crippen molar-refractivity contribution < 1.29 is 19.4 Å². The van der Waals surface area contributed by atoms with E-state index in [9.17, 15) is 9.59 Å². The lowest BCUT2D eigenvalue weighted by Crippen LogP contribution is -2.35. The molecular weight excluding hydrogens is 294 g/mol. The Balaban J connectivity index is 2.68. The molecule has 1 rings (SSSR count). The molecule has 0 aliphatic carbocycles. The van der Waals surface area contributed by atoms with Gasteiger partial charge in [-0.3, -0.25) is 4.79 Å². The highest BCUT2D eigenvalue weighted by Gasteiger charge is 2.14. The SMILES string of the molecule is C=C(C)CN(CC)C(=O)COc1ccc(C(=O)O)cc1Cl. The van der Waals surface area contributed by atoms with Crippen LogP contribution in [0.1, 0.15) is 24.2 Å². The summed E-state index contributed by atoms with van der Waals surface area (Å²) in [4.78, 5) is 24.4. The third kappa shape index (κ3) is 5.11. The van der Waals surface area contributed by atoms with Gasteiger partial charge in [0.05, 0.1) is 10.6 Å². The van der Waals surface area contributed by atoms with Crippen LogP contribution in [0.3, 0.4) is 0 Å². The fraction of sp³-hybridized carbons (Fsp3) is 0.333. The first-order valence-corrected chi connectivity index (χ1v) is 6.80. The Morgan fingerprint density at radius 2 is 2.10 bits per heavy atom. The minimum Gasteiger partial charge on any atom is -0.482 e. The van der Waals surface area contributed by atoms with E-state index < -0.39 is 5.97 Å². The number of aromatic carboxylic acids is 1. The highest BCUT2D eigenvalue weighted by molar-refractivity contribution is 6.32. The quantitative estimate of drug-likeness (QED) is 0.786. The molecule has 0 radical (unpaired) electrons. The largest absolute Gasteiger partial charge is 0.482 e. The van der Waals surface area contributed by atoms with Crippen molar-refractivity contribution in [3.05, 3.63) is 40.9 Å². The Labute approximate surface area is 128 Å². The maximum atomic E-state index is 12.0. The number of hydrogen-bond donors (Lipinski definition) is 1. The van der Waals surface area contributed by atoms with Gasteiger partial charge in [0.2, 0.25) is 0 Å². The van der Waals surface area contributed by atoms with Gasteiger partial charge in [-0.05, 0) is 32.0 Å². The van der Waals surface area contributed by atoms with Crippen LogP contribution in [0.5, 0.6) is 5.75 Å². The van der Waals surface area contributed by atoms with Crippen molar-refractivity contribution in [2.75, 3.05) is 19.7 Å². The van der Waals surface area contributed by atoms with Crippen LogP contribution in [0, 0.1) is 0 Å². The highest BCUT2D eigenvalue weighted by Crippen LogP contribution is 2.25. The zero-order valence-electron chi connectivity index (χ0n) is 12.1. The van der Waals surface area contributed by atoms with E-state index in [1.54, 1.807) is 4.90 Å². The molecule has 1 aromatic carbocycles. The molecule has 0 aromatic heterocycles. The molecule has 0 saturated carbocycles. The molecule has 0 aliphatic heterocycles. The molecule has 1 amide bonds. The Bertz CT molecular complexity index is 557. The number of nitrogens with zero attached hydrogens (tertiary/aromatic N) is 1. The van der Waals surface area contributed by atoms with Gasteiger partial charge in [-0.1, -0.05) is 23.8 Å². The molecule has 5 nitrogen and oxygen atoms in total. The fourth-order valence-electron chi connectivity index (χ4n) is 1.68. The van der Waals surface area contributed by atoms with E-state index in [0.29, 0.717) is 13.1 Å². The second-order valence-corrected chi connectivity index (χ2v) is 5.01. The molecule has 0 saturated heterocycles.